The number of aliphatic carboxylic acids is 1. The number of halogens is 1. The molecule has 1 aliphatic heterocycles. The van der Waals surface area contributed by atoms with Crippen LogP contribution in [0, 0.1) is 6.92 Å². The standard InChI is InChI=1S/C18H14BrN3O.C2H4O2/c1-11-10-22-15-8-7-13(19)9-14(15)16(12-5-3-2-4-6-12)21-18(23)17(22)20-11;1-2(3)4/h2-10,18,23H,1H3;1H3,(H,3,4). The second-order valence-electron chi connectivity index (χ2n) is 6.01. The number of aliphatic imine (C=N–C) groups is 1. The molecule has 7 heteroatoms. The van der Waals surface area contributed by atoms with Crippen molar-refractivity contribution in [3.8, 4) is 5.69 Å². The van der Waals surface area contributed by atoms with Crippen molar-refractivity contribution < 1.29 is 15.0 Å². The highest BCUT2D eigenvalue weighted by Gasteiger charge is 2.25. The first-order valence-electron chi connectivity index (χ1n) is 8.24. The number of hydrogen-bond acceptors (Lipinski definition) is 4. The van der Waals surface area contributed by atoms with E-state index >= 15 is 0 Å². The number of imidazole rings is 1. The zero-order valence-electron chi connectivity index (χ0n) is 14.8. The molecule has 4 rings (SSSR count). The molecule has 1 aliphatic rings. The van der Waals surface area contributed by atoms with Crippen LogP contribution in [0.4, 0.5) is 0 Å². The lowest BCUT2D eigenvalue weighted by molar-refractivity contribution is -0.134. The molecule has 1 aromatic heterocycles. The summed E-state index contributed by atoms with van der Waals surface area (Å²) in [5, 5.41) is 18.0. The van der Waals surface area contributed by atoms with Gasteiger partial charge in [-0.25, -0.2) is 9.98 Å². The number of hydrogen-bond donors (Lipinski definition) is 2. The van der Waals surface area contributed by atoms with Crippen molar-refractivity contribution in [2.24, 2.45) is 4.99 Å². The third kappa shape index (κ3) is 4.15. The maximum absolute atomic E-state index is 10.5. The van der Waals surface area contributed by atoms with Gasteiger partial charge in [0, 0.05) is 28.7 Å². The van der Waals surface area contributed by atoms with Gasteiger partial charge in [-0.3, -0.25) is 9.36 Å². The predicted molar refractivity (Wildman–Crippen MR) is 106 cm³/mol. The molecule has 2 N–H and O–H groups in total. The van der Waals surface area contributed by atoms with Crippen LogP contribution in [0.25, 0.3) is 5.69 Å². The largest absolute Gasteiger partial charge is 0.481 e. The van der Waals surface area contributed by atoms with E-state index in [1.54, 1.807) is 0 Å². The van der Waals surface area contributed by atoms with Crippen LogP contribution in [0.2, 0.25) is 0 Å². The Morgan fingerprint density at radius 2 is 1.85 bits per heavy atom. The minimum Gasteiger partial charge on any atom is -0.481 e. The summed E-state index contributed by atoms with van der Waals surface area (Å²) in [6.45, 7) is 2.99. The van der Waals surface area contributed by atoms with Gasteiger partial charge in [0.05, 0.1) is 17.1 Å². The molecule has 2 aromatic carbocycles. The lowest BCUT2D eigenvalue weighted by Crippen LogP contribution is -2.06. The van der Waals surface area contributed by atoms with Gasteiger partial charge >= 0.3 is 0 Å². The molecule has 2 heterocycles. The number of aliphatic hydroxyl groups is 1. The van der Waals surface area contributed by atoms with Gasteiger partial charge in [0.15, 0.2) is 5.82 Å². The van der Waals surface area contributed by atoms with Crippen molar-refractivity contribution in [1.82, 2.24) is 9.55 Å². The number of carbonyl (C=O) groups is 1. The first-order chi connectivity index (χ1) is 12.9. The monoisotopic (exact) mass is 427 g/mol. The van der Waals surface area contributed by atoms with Crippen LogP contribution in [0.3, 0.4) is 0 Å². The molecule has 1 atom stereocenters. The number of rotatable bonds is 1. The summed E-state index contributed by atoms with van der Waals surface area (Å²) in [4.78, 5) is 18.0. The van der Waals surface area contributed by atoms with Crippen LogP contribution < -0.4 is 0 Å². The van der Waals surface area contributed by atoms with E-state index in [2.05, 4.69) is 25.9 Å². The van der Waals surface area contributed by atoms with E-state index in [-0.39, 0.29) is 0 Å². The topological polar surface area (TPSA) is 87.7 Å². The van der Waals surface area contributed by atoms with E-state index in [4.69, 9.17) is 9.90 Å². The normalized spacial score (nSPS) is 14.8. The molecule has 0 saturated carbocycles. The van der Waals surface area contributed by atoms with Crippen molar-refractivity contribution in [3.63, 3.8) is 0 Å². The van der Waals surface area contributed by atoms with Crippen molar-refractivity contribution in [3.05, 3.63) is 81.8 Å². The van der Waals surface area contributed by atoms with Crippen LogP contribution in [-0.2, 0) is 4.79 Å². The van der Waals surface area contributed by atoms with E-state index < -0.39 is 12.2 Å². The van der Waals surface area contributed by atoms with Gasteiger partial charge in [0.1, 0.15) is 0 Å². The van der Waals surface area contributed by atoms with E-state index in [0.29, 0.717) is 5.82 Å². The first kappa shape index (κ1) is 19.0. The van der Waals surface area contributed by atoms with Crippen LogP contribution in [0.15, 0.2) is 64.2 Å². The quantitative estimate of drug-likeness (QED) is 0.616. The Kier molecular flexibility index (Phi) is 5.53. The average Bonchev–Trinajstić information content (AvgIpc) is 2.97. The Morgan fingerprint density at radius 1 is 1.19 bits per heavy atom. The summed E-state index contributed by atoms with van der Waals surface area (Å²) in [7, 11) is 0. The van der Waals surface area contributed by atoms with Gasteiger partial charge in [-0.2, -0.15) is 0 Å². The van der Waals surface area contributed by atoms with Crippen LogP contribution in [0.1, 0.15) is 35.8 Å². The minimum absolute atomic E-state index is 0.539. The van der Waals surface area contributed by atoms with Gasteiger partial charge in [-0.1, -0.05) is 46.3 Å². The molecule has 0 fully saturated rings. The van der Waals surface area contributed by atoms with Crippen LogP contribution in [-0.4, -0.2) is 31.4 Å². The third-order valence-corrected chi connectivity index (χ3v) is 4.35. The Balaban J connectivity index is 0.000000481. The summed E-state index contributed by atoms with van der Waals surface area (Å²) < 4.78 is 2.89. The molecular formula is C20H18BrN3O3. The number of fused-ring (bicyclic) bond motifs is 3. The zero-order valence-corrected chi connectivity index (χ0v) is 16.4. The molecule has 0 aliphatic carbocycles. The molecular weight excluding hydrogens is 410 g/mol. The third-order valence-electron chi connectivity index (χ3n) is 3.86. The molecule has 27 heavy (non-hydrogen) atoms. The zero-order chi connectivity index (χ0) is 19.6. The molecule has 0 spiro atoms. The second-order valence-corrected chi connectivity index (χ2v) is 6.92. The Hall–Kier alpha value is -2.77. The predicted octanol–water partition coefficient (Wildman–Crippen LogP) is 3.88. The summed E-state index contributed by atoms with van der Waals surface area (Å²) in [5.74, 6) is -0.294. The number of aryl methyl sites for hydroxylation is 1. The van der Waals surface area contributed by atoms with E-state index in [1.165, 1.54) is 0 Å². The first-order valence-corrected chi connectivity index (χ1v) is 9.03. The van der Waals surface area contributed by atoms with Crippen LogP contribution in [0.5, 0.6) is 0 Å². The lowest BCUT2D eigenvalue weighted by Gasteiger charge is -2.12. The summed E-state index contributed by atoms with van der Waals surface area (Å²) in [5.41, 5.74) is 4.50. The fraction of sp³-hybridized carbons (Fsp3) is 0.150. The fourth-order valence-corrected chi connectivity index (χ4v) is 3.24. The van der Waals surface area contributed by atoms with Gasteiger partial charge in [0.25, 0.3) is 5.97 Å². The fourth-order valence-electron chi connectivity index (χ4n) is 2.88. The minimum atomic E-state index is -0.995. The Morgan fingerprint density at radius 3 is 2.52 bits per heavy atom. The Labute approximate surface area is 165 Å². The van der Waals surface area contributed by atoms with Crippen molar-refractivity contribution in [1.29, 1.82) is 0 Å². The molecule has 138 valence electrons. The maximum Gasteiger partial charge on any atom is 0.300 e. The summed E-state index contributed by atoms with van der Waals surface area (Å²) >= 11 is 3.53. The van der Waals surface area contributed by atoms with E-state index in [1.807, 2.05) is 66.2 Å². The smallest absolute Gasteiger partial charge is 0.300 e. The molecule has 0 amide bonds. The number of carboxylic acids is 1. The Bertz CT molecular complexity index is 1010. The van der Waals surface area contributed by atoms with E-state index in [0.717, 1.165) is 39.6 Å². The average molecular weight is 428 g/mol. The highest BCUT2D eigenvalue weighted by molar-refractivity contribution is 9.10. The SMILES string of the molecule is CC(=O)O.Cc1cn2c(n1)C(O)N=C(c1ccccc1)c1cc(Br)ccc1-2. The van der Waals surface area contributed by atoms with Gasteiger partial charge in [-0.15, -0.1) is 0 Å². The van der Waals surface area contributed by atoms with Crippen molar-refractivity contribution in [2.45, 2.75) is 20.1 Å². The number of aliphatic hydroxyl groups excluding tert-OH is 1. The molecule has 6 nitrogen and oxygen atoms in total. The number of aromatic nitrogens is 2. The lowest BCUT2D eigenvalue weighted by atomic mass is 10.0. The number of benzene rings is 2. The second kappa shape index (κ2) is 7.85. The highest BCUT2D eigenvalue weighted by atomic mass is 79.9. The molecule has 0 bridgehead atoms. The van der Waals surface area contributed by atoms with Crippen LogP contribution >= 0.6 is 15.9 Å². The molecule has 0 saturated heterocycles. The molecule has 3 aromatic rings. The molecule has 1 unspecified atom stereocenters. The summed E-state index contributed by atoms with van der Waals surface area (Å²) in [6.07, 6.45) is 0.930. The van der Waals surface area contributed by atoms with Crippen molar-refractivity contribution in [2.75, 3.05) is 0 Å². The number of carboxylic acid groups (broad SMARTS) is 1. The van der Waals surface area contributed by atoms with Gasteiger partial charge in [0.2, 0.25) is 6.23 Å². The summed E-state index contributed by atoms with van der Waals surface area (Å²) in [6, 6.07) is 15.9. The van der Waals surface area contributed by atoms with Crippen molar-refractivity contribution >= 4 is 27.6 Å². The molecule has 0 radical (unpaired) electrons. The maximum atomic E-state index is 10.5. The highest BCUT2D eigenvalue weighted by Crippen LogP contribution is 2.31. The van der Waals surface area contributed by atoms with E-state index in [9.17, 15) is 5.11 Å². The van der Waals surface area contributed by atoms with Gasteiger partial charge < -0.3 is 10.2 Å². The van der Waals surface area contributed by atoms with Gasteiger partial charge in [-0.05, 0) is 25.1 Å². The number of nitrogens with zero attached hydrogens (tertiary/aromatic N) is 3.